The van der Waals surface area contributed by atoms with Gasteiger partial charge >= 0.3 is 0 Å². The predicted molar refractivity (Wildman–Crippen MR) is 77.5 cm³/mol. The molecule has 0 radical (unpaired) electrons. The third-order valence-electron chi connectivity index (χ3n) is 3.88. The number of Topliss-reactive ketones (excluding diaryl/α,β-unsaturated/α-hetero) is 1. The van der Waals surface area contributed by atoms with E-state index in [2.05, 4.69) is 5.32 Å². The molecule has 0 saturated carbocycles. The molecule has 0 fully saturated rings. The number of anilines is 1. The Balaban J connectivity index is 1.95. The maximum absolute atomic E-state index is 13.8. The summed E-state index contributed by atoms with van der Waals surface area (Å²) in [5.74, 6) is -1.15. The van der Waals surface area contributed by atoms with Crippen molar-refractivity contribution < 1.29 is 13.6 Å². The SMILES string of the molecule is CC(=O)c1c(F)cccc1NC1CCc2ccc(F)cc21. The molecule has 1 unspecified atom stereocenters. The second-order valence-electron chi connectivity index (χ2n) is 5.30. The molecule has 1 aliphatic carbocycles. The lowest BCUT2D eigenvalue weighted by molar-refractivity contribution is 0.101. The van der Waals surface area contributed by atoms with E-state index < -0.39 is 5.82 Å². The van der Waals surface area contributed by atoms with Crippen LogP contribution >= 0.6 is 0 Å². The Bertz CT molecular complexity index is 712. The van der Waals surface area contributed by atoms with E-state index in [-0.39, 0.29) is 23.2 Å². The van der Waals surface area contributed by atoms with Gasteiger partial charge in [-0.3, -0.25) is 4.79 Å². The molecule has 2 aromatic rings. The van der Waals surface area contributed by atoms with Crippen LogP contribution in [0.25, 0.3) is 0 Å². The molecule has 4 heteroatoms. The third kappa shape index (κ3) is 2.53. The van der Waals surface area contributed by atoms with Crippen molar-refractivity contribution in [3.8, 4) is 0 Å². The topological polar surface area (TPSA) is 29.1 Å². The van der Waals surface area contributed by atoms with Gasteiger partial charge in [-0.05, 0) is 55.2 Å². The summed E-state index contributed by atoms with van der Waals surface area (Å²) in [5, 5.41) is 3.19. The monoisotopic (exact) mass is 287 g/mol. The third-order valence-corrected chi connectivity index (χ3v) is 3.88. The van der Waals surface area contributed by atoms with Crippen molar-refractivity contribution in [1.29, 1.82) is 0 Å². The number of halogens is 2. The first-order valence-corrected chi connectivity index (χ1v) is 6.90. The summed E-state index contributed by atoms with van der Waals surface area (Å²) in [4.78, 5) is 11.6. The van der Waals surface area contributed by atoms with Gasteiger partial charge in [0.1, 0.15) is 11.6 Å². The Labute approximate surface area is 121 Å². The standard InChI is InChI=1S/C17H15F2NO/c1-10(21)17-14(19)3-2-4-16(17)20-15-8-6-11-5-7-12(18)9-13(11)15/h2-5,7,9,15,20H,6,8H2,1H3. The molecule has 0 aromatic heterocycles. The van der Waals surface area contributed by atoms with Gasteiger partial charge in [-0.2, -0.15) is 0 Å². The minimum absolute atomic E-state index is 0.0577. The molecule has 108 valence electrons. The average molecular weight is 287 g/mol. The van der Waals surface area contributed by atoms with E-state index in [9.17, 15) is 13.6 Å². The normalized spacial score (nSPS) is 16.6. The lowest BCUT2D eigenvalue weighted by Crippen LogP contribution is -2.11. The van der Waals surface area contributed by atoms with Crippen LogP contribution in [0.3, 0.4) is 0 Å². The van der Waals surface area contributed by atoms with Crippen molar-refractivity contribution in [2.24, 2.45) is 0 Å². The van der Waals surface area contributed by atoms with Gasteiger partial charge in [0.05, 0.1) is 11.6 Å². The lowest BCUT2D eigenvalue weighted by atomic mass is 10.0. The molecule has 0 amide bonds. The largest absolute Gasteiger partial charge is 0.378 e. The van der Waals surface area contributed by atoms with Gasteiger partial charge in [0.2, 0.25) is 0 Å². The van der Waals surface area contributed by atoms with E-state index in [1.807, 2.05) is 0 Å². The first-order valence-electron chi connectivity index (χ1n) is 6.90. The average Bonchev–Trinajstić information content (AvgIpc) is 2.81. The Morgan fingerprint density at radius 2 is 2.05 bits per heavy atom. The van der Waals surface area contributed by atoms with Crippen molar-refractivity contribution in [1.82, 2.24) is 0 Å². The Kier molecular flexibility index (Phi) is 3.45. The molecule has 0 heterocycles. The number of hydrogen-bond acceptors (Lipinski definition) is 2. The zero-order chi connectivity index (χ0) is 15.0. The molecule has 3 rings (SSSR count). The van der Waals surface area contributed by atoms with Crippen molar-refractivity contribution in [2.45, 2.75) is 25.8 Å². The Morgan fingerprint density at radius 3 is 2.81 bits per heavy atom. The fourth-order valence-electron chi connectivity index (χ4n) is 2.91. The fourth-order valence-corrected chi connectivity index (χ4v) is 2.91. The first kappa shape index (κ1) is 13.7. The number of fused-ring (bicyclic) bond motifs is 1. The molecule has 2 nitrogen and oxygen atoms in total. The van der Waals surface area contributed by atoms with Crippen molar-refractivity contribution >= 4 is 11.5 Å². The Morgan fingerprint density at radius 1 is 1.24 bits per heavy atom. The summed E-state index contributed by atoms with van der Waals surface area (Å²) in [7, 11) is 0. The number of carbonyl (C=O) groups excluding carboxylic acids is 1. The van der Waals surface area contributed by atoms with Crippen LogP contribution in [0.15, 0.2) is 36.4 Å². The highest BCUT2D eigenvalue weighted by Crippen LogP contribution is 2.35. The highest BCUT2D eigenvalue weighted by molar-refractivity contribution is 5.99. The van der Waals surface area contributed by atoms with Crippen molar-refractivity contribution in [3.05, 3.63) is 64.7 Å². The van der Waals surface area contributed by atoms with Crippen molar-refractivity contribution in [2.75, 3.05) is 5.32 Å². The molecule has 1 aliphatic rings. The first-order chi connectivity index (χ1) is 10.1. The van der Waals surface area contributed by atoms with E-state index in [1.165, 1.54) is 25.1 Å². The van der Waals surface area contributed by atoms with E-state index in [4.69, 9.17) is 0 Å². The van der Waals surface area contributed by atoms with Crippen LogP contribution in [0.4, 0.5) is 14.5 Å². The van der Waals surface area contributed by atoms with E-state index >= 15 is 0 Å². The summed E-state index contributed by atoms with van der Waals surface area (Å²) in [6, 6.07) is 9.14. The maximum atomic E-state index is 13.8. The summed E-state index contributed by atoms with van der Waals surface area (Å²) in [6.45, 7) is 1.34. The minimum Gasteiger partial charge on any atom is -0.378 e. The molecule has 0 saturated heterocycles. The van der Waals surface area contributed by atoms with Gasteiger partial charge in [0.15, 0.2) is 5.78 Å². The number of rotatable bonds is 3. The smallest absolute Gasteiger partial charge is 0.164 e. The summed E-state index contributed by atoms with van der Waals surface area (Å²) >= 11 is 0. The summed E-state index contributed by atoms with van der Waals surface area (Å²) in [5.41, 5.74) is 2.50. The van der Waals surface area contributed by atoms with Crippen molar-refractivity contribution in [3.63, 3.8) is 0 Å². The Hall–Kier alpha value is -2.23. The van der Waals surface area contributed by atoms with Gasteiger partial charge in [-0.25, -0.2) is 8.78 Å². The fraction of sp³-hybridized carbons (Fsp3) is 0.235. The molecule has 1 atom stereocenters. The highest BCUT2D eigenvalue weighted by Gasteiger charge is 2.24. The molecule has 21 heavy (non-hydrogen) atoms. The number of carbonyl (C=O) groups is 1. The molecule has 0 spiro atoms. The van der Waals surface area contributed by atoms with Gasteiger partial charge in [-0.1, -0.05) is 12.1 Å². The van der Waals surface area contributed by atoms with E-state index in [1.54, 1.807) is 18.2 Å². The van der Waals surface area contributed by atoms with Crippen LogP contribution in [0.2, 0.25) is 0 Å². The zero-order valence-electron chi connectivity index (χ0n) is 11.6. The van der Waals surface area contributed by atoms with Crippen LogP contribution < -0.4 is 5.32 Å². The van der Waals surface area contributed by atoms with Crippen LogP contribution in [0, 0.1) is 11.6 Å². The van der Waals surface area contributed by atoms with Gasteiger partial charge in [-0.15, -0.1) is 0 Å². The maximum Gasteiger partial charge on any atom is 0.164 e. The van der Waals surface area contributed by atoms with Crippen LogP contribution in [0.5, 0.6) is 0 Å². The quantitative estimate of drug-likeness (QED) is 0.854. The van der Waals surface area contributed by atoms with Crippen LogP contribution in [0.1, 0.15) is 40.9 Å². The number of benzene rings is 2. The summed E-state index contributed by atoms with van der Waals surface area (Å²) < 4.78 is 27.2. The van der Waals surface area contributed by atoms with Gasteiger partial charge < -0.3 is 5.32 Å². The molecular weight excluding hydrogens is 272 g/mol. The number of aryl methyl sites for hydroxylation is 1. The molecule has 0 aliphatic heterocycles. The van der Waals surface area contributed by atoms with Gasteiger partial charge in [0.25, 0.3) is 0 Å². The highest BCUT2D eigenvalue weighted by atomic mass is 19.1. The van der Waals surface area contributed by atoms with Crippen LogP contribution in [-0.4, -0.2) is 5.78 Å². The zero-order valence-corrected chi connectivity index (χ0v) is 11.6. The van der Waals surface area contributed by atoms with E-state index in [0.717, 1.165) is 24.0 Å². The lowest BCUT2D eigenvalue weighted by Gasteiger charge is -2.18. The second kappa shape index (κ2) is 5.28. The number of hydrogen-bond donors (Lipinski definition) is 1. The predicted octanol–water partition coefficient (Wildman–Crippen LogP) is 4.27. The van der Waals surface area contributed by atoms with E-state index in [0.29, 0.717) is 5.69 Å². The summed E-state index contributed by atoms with van der Waals surface area (Å²) in [6.07, 6.45) is 1.64. The molecule has 2 aromatic carbocycles. The minimum atomic E-state index is -0.537. The number of ketones is 1. The molecule has 1 N–H and O–H groups in total. The number of nitrogens with one attached hydrogen (secondary N) is 1. The molecule has 0 bridgehead atoms. The second-order valence-corrected chi connectivity index (χ2v) is 5.30. The van der Waals surface area contributed by atoms with Gasteiger partial charge in [0, 0.05) is 5.69 Å². The molecular formula is C17H15F2NO. The van der Waals surface area contributed by atoms with Crippen LogP contribution in [-0.2, 0) is 6.42 Å².